The number of hydrogen-bond acceptors (Lipinski definition) is 2. The van der Waals surface area contributed by atoms with Gasteiger partial charge < -0.3 is 0 Å². The minimum absolute atomic E-state index is 0.0220. The molecule has 0 heterocycles. The Morgan fingerprint density at radius 2 is 1.75 bits per heavy atom. The molecule has 0 aliphatic carbocycles. The molecule has 8 heteroatoms. The third-order valence-corrected chi connectivity index (χ3v) is 4.87. The molecule has 0 fully saturated rings. The van der Waals surface area contributed by atoms with Gasteiger partial charge in [0.15, 0.2) is 0 Å². The molecule has 20 heavy (non-hydrogen) atoms. The SMILES string of the molecule is O=S(=O)(Nc1cc(F)cc(Cl)c1)c1ccc(F)cc1Br. The second-order valence-electron chi connectivity index (χ2n) is 3.84. The molecular formula is C12H7BrClF2NO2S. The van der Waals surface area contributed by atoms with Crippen LogP contribution < -0.4 is 4.72 Å². The van der Waals surface area contributed by atoms with Crippen molar-refractivity contribution in [2.45, 2.75) is 4.90 Å². The van der Waals surface area contributed by atoms with E-state index in [4.69, 9.17) is 11.6 Å². The van der Waals surface area contributed by atoms with Crippen molar-refractivity contribution in [3.8, 4) is 0 Å². The highest BCUT2D eigenvalue weighted by Crippen LogP contribution is 2.26. The van der Waals surface area contributed by atoms with Gasteiger partial charge in [0.2, 0.25) is 0 Å². The van der Waals surface area contributed by atoms with Gasteiger partial charge in [-0.25, -0.2) is 17.2 Å². The first kappa shape index (κ1) is 15.2. The largest absolute Gasteiger partial charge is 0.279 e. The molecule has 0 bridgehead atoms. The number of benzene rings is 2. The first-order valence-corrected chi connectivity index (χ1v) is 7.87. The summed E-state index contributed by atoms with van der Waals surface area (Å²) < 4.78 is 52.6. The van der Waals surface area contributed by atoms with Gasteiger partial charge in [-0.15, -0.1) is 0 Å². The molecule has 0 saturated carbocycles. The van der Waals surface area contributed by atoms with E-state index in [0.29, 0.717) is 0 Å². The summed E-state index contributed by atoms with van der Waals surface area (Å²) in [5.74, 6) is -1.25. The summed E-state index contributed by atoms with van der Waals surface area (Å²) in [5.41, 5.74) is -0.0220. The summed E-state index contributed by atoms with van der Waals surface area (Å²) in [6, 6.07) is 6.43. The van der Waals surface area contributed by atoms with Gasteiger partial charge in [-0.1, -0.05) is 11.6 Å². The predicted octanol–water partition coefficient (Wildman–Crippen LogP) is 4.18. The topological polar surface area (TPSA) is 46.2 Å². The van der Waals surface area contributed by atoms with Crippen LogP contribution >= 0.6 is 27.5 Å². The minimum Gasteiger partial charge on any atom is -0.279 e. The van der Waals surface area contributed by atoms with Crippen LogP contribution in [0.5, 0.6) is 0 Å². The van der Waals surface area contributed by atoms with E-state index in [1.54, 1.807) is 0 Å². The molecule has 0 aliphatic heterocycles. The van der Waals surface area contributed by atoms with Gasteiger partial charge in [0.05, 0.1) is 5.69 Å². The second kappa shape index (κ2) is 5.67. The molecule has 0 unspecified atom stereocenters. The van der Waals surface area contributed by atoms with Gasteiger partial charge in [-0.3, -0.25) is 4.72 Å². The van der Waals surface area contributed by atoms with Crippen LogP contribution in [0.2, 0.25) is 5.02 Å². The van der Waals surface area contributed by atoms with E-state index in [1.165, 1.54) is 6.07 Å². The maximum Gasteiger partial charge on any atom is 0.263 e. The number of anilines is 1. The van der Waals surface area contributed by atoms with E-state index < -0.39 is 21.7 Å². The molecule has 2 aromatic carbocycles. The quantitative estimate of drug-likeness (QED) is 0.865. The molecule has 0 saturated heterocycles. The van der Waals surface area contributed by atoms with Crippen molar-refractivity contribution in [2.24, 2.45) is 0 Å². The van der Waals surface area contributed by atoms with Crippen LogP contribution in [0.3, 0.4) is 0 Å². The molecular weight excluding hydrogens is 376 g/mol. The zero-order valence-electron chi connectivity index (χ0n) is 9.70. The third-order valence-electron chi connectivity index (χ3n) is 2.30. The Kier molecular flexibility index (Phi) is 4.31. The van der Waals surface area contributed by atoms with Crippen LogP contribution in [-0.4, -0.2) is 8.42 Å². The number of nitrogens with one attached hydrogen (secondary N) is 1. The summed E-state index contributed by atoms with van der Waals surface area (Å²) in [4.78, 5) is -0.167. The number of rotatable bonds is 3. The summed E-state index contributed by atoms with van der Waals surface area (Å²) in [5, 5.41) is 0.0564. The van der Waals surface area contributed by atoms with Gasteiger partial charge in [-0.2, -0.15) is 0 Å². The highest BCUT2D eigenvalue weighted by atomic mass is 79.9. The monoisotopic (exact) mass is 381 g/mol. The summed E-state index contributed by atoms with van der Waals surface area (Å²) >= 11 is 8.61. The standard InChI is InChI=1S/C12H7BrClF2NO2S/c13-11-6-8(15)1-2-12(11)20(18,19)17-10-4-7(14)3-9(16)5-10/h1-6,17H. The molecule has 0 spiro atoms. The fourth-order valence-electron chi connectivity index (χ4n) is 1.52. The smallest absolute Gasteiger partial charge is 0.263 e. The van der Waals surface area contributed by atoms with Crippen molar-refractivity contribution < 1.29 is 17.2 Å². The van der Waals surface area contributed by atoms with Crippen LogP contribution in [0.1, 0.15) is 0 Å². The highest BCUT2D eigenvalue weighted by Gasteiger charge is 2.18. The molecule has 1 N–H and O–H groups in total. The Labute approximate surface area is 127 Å². The lowest BCUT2D eigenvalue weighted by Crippen LogP contribution is -2.13. The molecule has 0 atom stereocenters. The molecule has 106 valence electrons. The number of sulfonamides is 1. The average molecular weight is 383 g/mol. The molecule has 3 nitrogen and oxygen atoms in total. The van der Waals surface area contributed by atoms with Gasteiger partial charge in [0.25, 0.3) is 10.0 Å². The van der Waals surface area contributed by atoms with E-state index in [2.05, 4.69) is 20.7 Å². The number of halogens is 4. The van der Waals surface area contributed by atoms with Gasteiger partial charge in [0.1, 0.15) is 16.5 Å². The summed E-state index contributed by atoms with van der Waals surface area (Å²) in [7, 11) is -3.98. The van der Waals surface area contributed by atoms with Gasteiger partial charge >= 0.3 is 0 Å². The van der Waals surface area contributed by atoms with E-state index >= 15 is 0 Å². The lowest BCUT2D eigenvalue weighted by atomic mass is 10.3. The van der Waals surface area contributed by atoms with Crippen molar-refractivity contribution in [2.75, 3.05) is 4.72 Å². The van der Waals surface area contributed by atoms with Gasteiger partial charge in [-0.05, 0) is 52.3 Å². The highest BCUT2D eigenvalue weighted by molar-refractivity contribution is 9.10. The molecule has 0 amide bonds. The third kappa shape index (κ3) is 3.47. The van der Waals surface area contributed by atoms with Crippen molar-refractivity contribution in [3.63, 3.8) is 0 Å². The molecule has 0 aliphatic rings. The Morgan fingerprint density at radius 3 is 2.35 bits per heavy atom. The fraction of sp³-hybridized carbons (Fsp3) is 0. The van der Waals surface area contributed by atoms with Crippen molar-refractivity contribution in [1.29, 1.82) is 0 Å². The average Bonchev–Trinajstić information content (AvgIpc) is 2.25. The van der Waals surface area contributed by atoms with E-state index in [1.807, 2.05) is 0 Å². The maximum absolute atomic E-state index is 13.2. The molecule has 0 aromatic heterocycles. The van der Waals surface area contributed by atoms with Crippen molar-refractivity contribution in [3.05, 3.63) is 57.5 Å². The summed E-state index contributed by atoms with van der Waals surface area (Å²) in [6.45, 7) is 0. The first-order valence-electron chi connectivity index (χ1n) is 5.22. The fourth-order valence-corrected chi connectivity index (χ4v) is 3.83. The Morgan fingerprint density at radius 1 is 1.05 bits per heavy atom. The van der Waals surface area contributed by atoms with Crippen molar-refractivity contribution in [1.82, 2.24) is 0 Å². The lowest BCUT2D eigenvalue weighted by molar-refractivity contribution is 0.598. The van der Waals surface area contributed by atoms with E-state index in [0.717, 1.165) is 30.3 Å². The van der Waals surface area contributed by atoms with E-state index in [-0.39, 0.29) is 20.1 Å². The van der Waals surface area contributed by atoms with Crippen LogP contribution in [0.25, 0.3) is 0 Å². The molecule has 0 radical (unpaired) electrons. The summed E-state index contributed by atoms with van der Waals surface area (Å²) in [6.07, 6.45) is 0. The Bertz CT molecular complexity index is 748. The molecule has 2 aromatic rings. The number of hydrogen-bond donors (Lipinski definition) is 1. The predicted molar refractivity (Wildman–Crippen MR) is 76.3 cm³/mol. The Hall–Kier alpha value is -1.18. The molecule has 2 rings (SSSR count). The zero-order valence-corrected chi connectivity index (χ0v) is 12.9. The second-order valence-corrected chi connectivity index (χ2v) is 6.78. The van der Waals surface area contributed by atoms with Crippen molar-refractivity contribution >= 4 is 43.2 Å². The minimum atomic E-state index is -3.98. The van der Waals surface area contributed by atoms with Crippen LogP contribution in [0, 0.1) is 11.6 Å². The van der Waals surface area contributed by atoms with Crippen LogP contribution in [0.4, 0.5) is 14.5 Å². The zero-order chi connectivity index (χ0) is 14.9. The van der Waals surface area contributed by atoms with Gasteiger partial charge in [0, 0.05) is 9.50 Å². The van der Waals surface area contributed by atoms with E-state index in [9.17, 15) is 17.2 Å². The Balaban J connectivity index is 2.40. The lowest BCUT2D eigenvalue weighted by Gasteiger charge is -2.10. The van der Waals surface area contributed by atoms with Crippen LogP contribution in [-0.2, 0) is 10.0 Å². The normalized spacial score (nSPS) is 11.4. The maximum atomic E-state index is 13.2. The van der Waals surface area contributed by atoms with Crippen LogP contribution in [0.15, 0.2) is 45.8 Å². The first-order chi connectivity index (χ1) is 9.28.